The quantitative estimate of drug-likeness (QED) is 0.769. The molecule has 0 spiro atoms. The molecule has 0 amide bonds. The summed E-state index contributed by atoms with van der Waals surface area (Å²) < 4.78 is 53.6. The zero-order valence-electron chi connectivity index (χ0n) is 9.75. The lowest BCUT2D eigenvalue weighted by atomic mass is 10.1. The van der Waals surface area contributed by atoms with Gasteiger partial charge in [-0.05, 0) is 18.7 Å². The Balaban J connectivity index is 2.47. The molecule has 0 saturated heterocycles. The van der Waals surface area contributed by atoms with Crippen molar-refractivity contribution in [3.63, 3.8) is 0 Å². The van der Waals surface area contributed by atoms with Crippen molar-refractivity contribution in [3.8, 4) is 0 Å². The van der Waals surface area contributed by atoms with E-state index in [2.05, 4.69) is 15.0 Å². The molecule has 1 atom stereocenters. The first-order valence-corrected chi connectivity index (χ1v) is 5.28. The van der Waals surface area contributed by atoms with Gasteiger partial charge in [-0.25, -0.2) is 8.78 Å². The normalized spacial score (nSPS) is 13.9. The Morgan fingerprint density at radius 1 is 1.44 bits per heavy atom. The van der Waals surface area contributed by atoms with Gasteiger partial charge in [0.2, 0.25) is 0 Å². The lowest BCUT2D eigenvalue weighted by molar-refractivity contribution is -0.167. The van der Waals surface area contributed by atoms with Crippen LogP contribution < -0.4 is 5.32 Å². The molecule has 1 aromatic rings. The maximum Gasteiger partial charge on any atom is 0.330 e. The van der Waals surface area contributed by atoms with E-state index in [1.54, 1.807) is 31.6 Å². The van der Waals surface area contributed by atoms with Gasteiger partial charge < -0.3 is 10.1 Å². The molecule has 0 aromatic carbocycles. The van der Waals surface area contributed by atoms with E-state index in [0.29, 0.717) is 0 Å². The average molecular weight is 266 g/mol. The molecule has 7 heteroatoms. The van der Waals surface area contributed by atoms with Crippen LogP contribution in [0.2, 0.25) is 0 Å². The van der Waals surface area contributed by atoms with Gasteiger partial charge in [-0.1, -0.05) is 6.07 Å². The number of nitrogens with one attached hydrogen (secondary N) is 1. The fraction of sp³-hybridized carbons (Fsp3) is 0.545. The molecule has 0 saturated carbocycles. The molecule has 0 aliphatic heterocycles. The number of halogens is 4. The molecule has 0 fully saturated rings. The van der Waals surface area contributed by atoms with E-state index in [9.17, 15) is 17.6 Å². The Labute approximate surface area is 102 Å². The monoisotopic (exact) mass is 266 g/mol. The van der Waals surface area contributed by atoms with Crippen molar-refractivity contribution in [3.05, 3.63) is 30.1 Å². The van der Waals surface area contributed by atoms with Gasteiger partial charge in [0.25, 0.3) is 0 Å². The average Bonchev–Trinajstić information content (AvgIpc) is 2.35. The number of nitrogens with zero attached hydrogens (tertiary/aromatic N) is 1. The Hall–Kier alpha value is -1.21. The summed E-state index contributed by atoms with van der Waals surface area (Å²) in [5.74, 6) is -4.12. The summed E-state index contributed by atoms with van der Waals surface area (Å²) in [7, 11) is 1.62. The summed E-state index contributed by atoms with van der Waals surface area (Å²) in [5.41, 5.74) is 0.736. The summed E-state index contributed by atoms with van der Waals surface area (Å²) in [4.78, 5) is 3.87. The van der Waals surface area contributed by atoms with E-state index >= 15 is 0 Å². The molecule has 1 N–H and O–H groups in total. The molecule has 0 aliphatic carbocycles. The first kappa shape index (κ1) is 14.8. The molecule has 18 heavy (non-hydrogen) atoms. The Kier molecular flexibility index (Phi) is 5.49. The largest absolute Gasteiger partial charge is 0.373 e. The van der Waals surface area contributed by atoms with Crippen molar-refractivity contribution in [2.24, 2.45) is 0 Å². The number of rotatable bonds is 7. The fourth-order valence-electron chi connectivity index (χ4n) is 1.30. The molecule has 1 rings (SSSR count). The van der Waals surface area contributed by atoms with E-state index in [-0.39, 0.29) is 12.6 Å². The summed E-state index contributed by atoms with van der Waals surface area (Å²) in [5, 5.41) is 2.84. The lowest BCUT2D eigenvalue weighted by Crippen LogP contribution is -2.34. The van der Waals surface area contributed by atoms with E-state index < -0.39 is 19.0 Å². The standard InChI is InChI=1S/C11H14F4N2O/c1-16-9(8-3-2-4-17-5-8)6-18-7-11(14,15)10(12)13/h2-5,9-10,16H,6-7H2,1H3. The van der Waals surface area contributed by atoms with Gasteiger partial charge >= 0.3 is 12.3 Å². The number of hydrogen-bond donors (Lipinski definition) is 1. The van der Waals surface area contributed by atoms with Crippen LogP contribution in [0.4, 0.5) is 17.6 Å². The van der Waals surface area contributed by atoms with E-state index in [1.807, 2.05) is 0 Å². The van der Waals surface area contributed by atoms with Crippen LogP contribution in [-0.2, 0) is 4.74 Å². The molecule has 1 aromatic heterocycles. The number of hydrogen-bond acceptors (Lipinski definition) is 3. The second-order valence-electron chi connectivity index (χ2n) is 3.70. The highest BCUT2D eigenvalue weighted by Gasteiger charge is 2.41. The van der Waals surface area contributed by atoms with E-state index in [4.69, 9.17) is 0 Å². The fourth-order valence-corrected chi connectivity index (χ4v) is 1.30. The van der Waals surface area contributed by atoms with Gasteiger partial charge in [0.1, 0.15) is 6.61 Å². The molecule has 1 unspecified atom stereocenters. The molecule has 0 bridgehead atoms. The van der Waals surface area contributed by atoms with Gasteiger partial charge in [-0.15, -0.1) is 0 Å². The lowest BCUT2D eigenvalue weighted by Gasteiger charge is -2.19. The van der Waals surface area contributed by atoms with Crippen LogP contribution in [0, 0.1) is 0 Å². The minimum Gasteiger partial charge on any atom is -0.373 e. The van der Waals surface area contributed by atoms with Gasteiger partial charge in [0.15, 0.2) is 0 Å². The topological polar surface area (TPSA) is 34.1 Å². The highest BCUT2D eigenvalue weighted by Crippen LogP contribution is 2.23. The molecule has 0 radical (unpaired) electrons. The molecule has 102 valence electrons. The number of pyridine rings is 1. The van der Waals surface area contributed by atoms with Crippen LogP contribution in [0.3, 0.4) is 0 Å². The van der Waals surface area contributed by atoms with Gasteiger partial charge in [0, 0.05) is 12.4 Å². The van der Waals surface area contributed by atoms with Crippen molar-refractivity contribution < 1.29 is 22.3 Å². The Morgan fingerprint density at radius 2 is 2.17 bits per heavy atom. The number of aromatic nitrogens is 1. The van der Waals surface area contributed by atoms with Gasteiger partial charge in [-0.2, -0.15) is 8.78 Å². The van der Waals surface area contributed by atoms with Crippen LogP contribution >= 0.6 is 0 Å². The van der Waals surface area contributed by atoms with E-state index in [1.165, 1.54) is 0 Å². The van der Waals surface area contributed by atoms with Gasteiger partial charge in [0.05, 0.1) is 12.6 Å². The number of alkyl halides is 4. The zero-order chi connectivity index (χ0) is 13.6. The Morgan fingerprint density at radius 3 is 2.67 bits per heavy atom. The van der Waals surface area contributed by atoms with Crippen LogP contribution in [0.25, 0.3) is 0 Å². The maximum atomic E-state index is 12.6. The third-order valence-electron chi connectivity index (χ3n) is 2.33. The summed E-state index contributed by atoms with van der Waals surface area (Å²) in [6.45, 7) is -1.44. The molecule has 1 heterocycles. The molecular weight excluding hydrogens is 252 g/mol. The highest BCUT2D eigenvalue weighted by atomic mass is 19.3. The van der Waals surface area contributed by atoms with Crippen LogP contribution in [-0.4, -0.2) is 37.6 Å². The predicted octanol–water partition coefficient (Wildman–Crippen LogP) is 2.26. The molecule has 0 aliphatic rings. The first-order valence-electron chi connectivity index (χ1n) is 5.28. The van der Waals surface area contributed by atoms with Gasteiger partial charge in [-0.3, -0.25) is 4.98 Å². The SMILES string of the molecule is CNC(COCC(F)(F)C(F)F)c1cccnc1. The third-order valence-corrected chi connectivity index (χ3v) is 2.33. The molecular formula is C11H14F4N2O. The van der Waals surface area contributed by atoms with E-state index in [0.717, 1.165) is 5.56 Å². The minimum absolute atomic E-state index is 0.134. The summed E-state index contributed by atoms with van der Waals surface area (Å²) >= 11 is 0. The number of ether oxygens (including phenoxy) is 1. The third kappa shape index (κ3) is 4.23. The zero-order valence-corrected chi connectivity index (χ0v) is 9.75. The summed E-state index contributed by atoms with van der Waals surface area (Å²) in [6, 6.07) is 3.06. The summed E-state index contributed by atoms with van der Waals surface area (Å²) in [6.07, 6.45) is -0.596. The maximum absolute atomic E-state index is 12.6. The van der Waals surface area contributed by atoms with Crippen LogP contribution in [0.5, 0.6) is 0 Å². The van der Waals surface area contributed by atoms with Crippen LogP contribution in [0.1, 0.15) is 11.6 Å². The van der Waals surface area contributed by atoms with Crippen LogP contribution in [0.15, 0.2) is 24.5 Å². The highest BCUT2D eigenvalue weighted by molar-refractivity contribution is 5.13. The second-order valence-corrected chi connectivity index (χ2v) is 3.70. The van der Waals surface area contributed by atoms with Crippen molar-refractivity contribution in [2.45, 2.75) is 18.4 Å². The number of likely N-dealkylation sites (N-methyl/N-ethyl adjacent to an activating group) is 1. The first-order chi connectivity index (χ1) is 8.47. The predicted molar refractivity (Wildman–Crippen MR) is 57.8 cm³/mol. The molecule has 3 nitrogen and oxygen atoms in total. The minimum atomic E-state index is -4.12. The second kappa shape index (κ2) is 6.65. The van der Waals surface area contributed by atoms with Crippen molar-refractivity contribution >= 4 is 0 Å². The van der Waals surface area contributed by atoms with Crippen molar-refractivity contribution in [2.75, 3.05) is 20.3 Å². The van der Waals surface area contributed by atoms with Crippen molar-refractivity contribution in [1.82, 2.24) is 10.3 Å². The smallest absolute Gasteiger partial charge is 0.330 e. The Bertz CT molecular complexity index is 348. The van der Waals surface area contributed by atoms with Crippen molar-refractivity contribution in [1.29, 1.82) is 0 Å².